The highest BCUT2D eigenvalue weighted by Gasteiger charge is 2.29. The number of aromatic carboxylic acids is 1. The maximum Gasteiger partial charge on any atom is 0.336 e. The number of carbonyl (C=O) groups excluding carboxylic acids is 1. The number of amides is 1. The van der Waals surface area contributed by atoms with Crippen LogP contribution >= 0.6 is 15.9 Å². The molecule has 0 fully saturated rings. The highest BCUT2D eigenvalue weighted by Crippen LogP contribution is 2.30. The van der Waals surface area contributed by atoms with Crippen LogP contribution in [0.15, 0.2) is 74.2 Å². The van der Waals surface area contributed by atoms with E-state index >= 15 is 0 Å². The van der Waals surface area contributed by atoms with E-state index < -0.39 is 5.97 Å². The normalized spacial score (nSPS) is 14.9. The molecule has 0 spiro atoms. The van der Waals surface area contributed by atoms with Crippen LogP contribution in [0.3, 0.4) is 0 Å². The van der Waals surface area contributed by atoms with Gasteiger partial charge in [-0.05, 0) is 67.4 Å². The molecule has 0 unspecified atom stereocenters. The zero-order valence-corrected chi connectivity index (χ0v) is 18.5. The van der Waals surface area contributed by atoms with Crippen molar-refractivity contribution in [3.63, 3.8) is 0 Å². The van der Waals surface area contributed by atoms with Crippen LogP contribution in [0.1, 0.15) is 35.5 Å². The second kappa shape index (κ2) is 8.35. The molecule has 1 aliphatic rings. The van der Waals surface area contributed by atoms with Gasteiger partial charge in [0.15, 0.2) is 0 Å². The van der Waals surface area contributed by atoms with E-state index in [1.165, 1.54) is 16.6 Å². The summed E-state index contributed by atoms with van der Waals surface area (Å²) in [6.07, 6.45) is 2.55. The average molecular weight is 479 g/mol. The van der Waals surface area contributed by atoms with Crippen LogP contribution in [0, 0.1) is 0 Å². The lowest BCUT2D eigenvalue weighted by Crippen LogP contribution is -2.21. The molecule has 0 radical (unpaired) electrons. The molecule has 0 aliphatic carbocycles. The van der Waals surface area contributed by atoms with Gasteiger partial charge in [-0.2, -0.15) is 10.1 Å². The maximum atomic E-state index is 13.0. The fourth-order valence-corrected chi connectivity index (χ4v) is 3.72. The van der Waals surface area contributed by atoms with Crippen LogP contribution in [-0.2, 0) is 11.2 Å². The van der Waals surface area contributed by atoms with Crippen LogP contribution in [-0.4, -0.2) is 22.7 Å². The van der Waals surface area contributed by atoms with Gasteiger partial charge in [-0.15, -0.1) is 0 Å². The van der Waals surface area contributed by atoms with Crippen molar-refractivity contribution in [2.45, 2.75) is 20.3 Å². The number of carbonyl (C=O) groups is 2. The third kappa shape index (κ3) is 4.09. The Morgan fingerprint density at radius 2 is 1.90 bits per heavy atom. The van der Waals surface area contributed by atoms with Gasteiger partial charge in [0.05, 0.1) is 22.5 Å². The number of hydrogen-bond donors (Lipinski definition) is 1. The van der Waals surface area contributed by atoms with Crippen molar-refractivity contribution in [1.82, 2.24) is 0 Å². The lowest BCUT2D eigenvalue weighted by atomic mass is 10.1. The molecule has 0 saturated carbocycles. The number of rotatable bonds is 5. The molecule has 7 heteroatoms. The minimum Gasteiger partial charge on any atom is -0.478 e. The number of furan rings is 1. The number of aryl methyl sites for hydroxylation is 1. The van der Waals surface area contributed by atoms with Crippen molar-refractivity contribution >= 4 is 45.3 Å². The zero-order chi connectivity index (χ0) is 22.1. The lowest BCUT2D eigenvalue weighted by Gasteiger charge is -2.12. The van der Waals surface area contributed by atoms with Crippen molar-refractivity contribution in [1.29, 1.82) is 0 Å². The number of anilines is 1. The fourth-order valence-electron chi connectivity index (χ4n) is 3.36. The Morgan fingerprint density at radius 1 is 1.16 bits per heavy atom. The average Bonchev–Trinajstić information content (AvgIpc) is 3.34. The van der Waals surface area contributed by atoms with Crippen LogP contribution in [0.25, 0.3) is 17.4 Å². The molecule has 0 atom stereocenters. The van der Waals surface area contributed by atoms with Gasteiger partial charge < -0.3 is 9.52 Å². The highest BCUT2D eigenvalue weighted by molar-refractivity contribution is 9.10. The minimum atomic E-state index is -1.05. The molecule has 31 heavy (non-hydrogen) atoms. The molecular weight excluding hydrogens is 460 g/mol. The first-order valence-electron chi connectivity index (χ1n) is 9.71. The lowest BCUT2D eigenvalue weighted by molar-refractivity contribution is -0.114. The van der Waals surface area contributed by atoms with E-state index in [2.05, 4.69) is 28.0 Å². The zero-order valence-electron chi connectivity index (χ0n) is 16.9. The fraction of sp³-hybridized carbons (Fsp3) is 0.125. The summed E-state index contributed by atoms with van der Waals surface area (Å²) < 4.78 is 6.51. The van der Waals surface area contributed by atoms with E-state index in [0.717, 1.165) is 6.42 Å². The van der Waals surface area contributed by atoms with E-state index in [1.807, 2.05) is 24.3 Å². The predicted octanol–water partition coefficient (Wildman–Crippen LogP) is 5.78. The van der Waals surface area contributed by atoms with Gasteiger partial charge in [0.1, 0.15) is 11.5 Å². The molecule has 3 aromatic rings. The quantitative estimate of drug-likeness (QED) is 0.471. The van der Waals surface area contributed by atoms with Crippen LogP contribution < -0.4 is 5.01 Å². The number of carboxylic acids is 1. The first-order valence-corrected chi connectivity index (χ1v) is 10.5. The van der Waals surface area contributed by atoms with Crippen LogP contribution in [0.5, 0.6) is 0 Å². The number of carboxylic acid groups (broad SMARTS) is 1. The van der Waals surface area contributed by atoms with E-state index in [1.54, 1.807) is 37.3 Å². The third-order valence-corrected chi connectivity index (χ3v) is 5.54. The first-order chi connectivity index (χ1) is 14.9. The summed E-state index contributed by atoms with van der Waals surface area (Å²) in [6, 6.07) is 16.1. The van der Waals surface area contributed by atoms with E-state index in [-0.39, 0.29) is 11.5 Å². The number of hydrogen-bond acceptors (Lipinski definition) is 4. The Bertz CT molecular complexity index is 1240. The highest BCUT2D eigenvalue weighted by atomic mass is 79.9. The number of nitrogens with zero attached hydrogens (tertiary/aromatic N) is 2. The summed E-state index contributed by atoms with van der Waals surface area (Å²) in [5.74, 6) is -0.444. The molecule has 2 aromatic carbocycles. The van der Waals surface area contributed by atoms with Crippen molar-refractivity contribution in [3.8, 4) is 11.3 Å². The maximum absolute atomic E-state index is 13.0. The molecule has 1 amide bonds. The monoisotopic (exact) mass is 478 g/mol. The number of halogens is 1. The van der Waals surface area contributed by atoms with Crippen LogP contribution in [0.2, 0.25) is 0 Å². The molecule has 1 N–H and O–H groups in total. The minimum absolute atomic E-state index is 0.124. The molecule has 2 heterocycles. The SMILES string of the molecule is CCc1ccc(N2N=C(C)/C(=C\c3ccc(-c4ccc(Br)cc4C(=O)O)o3)C2=O)cc1. The second-order valence-corrected chi connectivity index (χ2v) is 7.99. The summed E-state index contributed by atoms with van der Waals surface area (Å²) in [6.45, 7) is 3.84. The first kappa shape index (κ1) is 20.8. The third-order valence-electron chi connectivity index (χ3n) is 5.04. The molecule has 1 aliphatic heterocycles. The van der Waals surface area contributed by atoms with Gasteiger partial charge in [-0.25, -0.2) is 4.79 Å². The van der Waals surface area contributed by atoms with E-state index in [9.17, 15) is 14.7 Å². The smallest absolute Gasteiger partial charge is 0.336 e. The Morgan fingerprint density at radius 3 is 2.58 bits per heavy atom. The molecule has 0 bridgehead atoms. The molecule has 156 valence electrons. The van der Waals surface area contributed by atoms with E-state index in [4.69, 9.17) is 4.42 Å². The van der Waals surface area contributed by atoms with Gasteiger partial charge in [-0.3, -0.25) is 4.79 Å². The number of hydrazone groups is 1. The molecule has 1 aromatic heterocycles. The Hall–Kier alpha value is -3.45. The van der Waals surface area contributed by atoms with Crippen molar-refractivity contribution < 1.29 is 19.1 Å². The topological polar surface area (TPSA) is 83.1 Å². The Labute approximate surface area is 187 Å². The largest absolute Gasteiger partial charge is 0.478 e. The summed E-state index contributed by atoms with van der Waals surface area (Å²) in [5, 5.41) is 15.3. The Kier molecular flexibility index (Phi) is 5.61. The standard InChI is InChI=1S/C24H19BrN2O4/c1-3-15-4-7-17(8-5-15)27-23(28)20(14(2)26-27)13-18-9-11-22(31-18)19-10-6-16(25)12-21(19)24(29)30/h4-13H,3H2,1-2H3,(H,29,30)/b20-13+. The van der Waals surface area contributed by atoms with Gasteiger partial charge >= 0.3 is 5.97 Å². The summed E-state index contributed by atoms with van der Waals surface area (Å²) in [4.78, 5) is 24.5. The summed E-state index contributed by atoms with van der Waals surface area (Å²) in [7, 11) is 0. The van der Waals surface area contributed by atoms with Gasteiger partial charge in [0, 0.05) is 10.0 Å². The number of benzene rings is 2. The van der Waals surface area contributed by atoms with Crippen molar-refractivity contribution in [3.05, 3.63) is 81.5 Å². The second-order valence-electron chi connectivity index (χ2n) is 7.08. The van der Waals surface area contributed by atoms with Crippen molar-refractivity contribution in [2.75, 3.05) is 5.01 Å². The molecular formula is C24H19BrN2O4. The Balaban J connectivity index is 1.63. The predicted molar refractivity (Wildman–Crippen MR) is 123 cm³/mol. The van der Waals surface area contributed by atoms with Crippen LogP contribution in [0.4, 0.5) is 5.69 Å². The summed E-state index contributed by atoms with van der Waals surface area (Å²) in [5.41, 5.74) is 3.47. The van der Waals surface area contributed by atoms with Gasteiger partial charge in [0.2, 0.25) is 0 Å². The van der Waals surface area contributed by atoms with Crippen molar-refractivity contribution in [2.24, 2.45) is 5.10 Å². The molecule has 6 nitrogen and oxygen atoms in total. The molecule has 4 rings (SSSR count). The van der Waals surface area contributed by atoms with Gasteiger partial charge in [0.25, 0.3) is 5.91 Å². The molecule has 0 saturated heterocycles. The van der Waals surface area contributed by atoms with E-state index in [0.29, 0.717) is 38.5 Å². The van der Waals surface area contributed by atoms with Gasteiger partial charge in [-0.1, -0.05) is 35.0 Å². The summed E-state index contributed by atoms with van der Waals surface area (Å²) >= 11 is 3.29.